The lowest BCUT2D eigenvalue weighted by molar-refractivity contribution is -0.150. The third-order valence-electron chi connectivity index (χ3n) is 4.23. The number of esters is 1. The molecular formula is C14H28N2O2. The third kappa shape index (κ3) is 3.04. The topological polar surface area (TPSA) is 55.6 Å². The molecule has 1 saturated carbocycles. The third-order valence-corrected chi connectivity index (χ3v) is 4.23. The number of nitrogens with zero attached hydrogens (tertiary/aromatic N) is 1. The molecule has 1 aliphatic carbocycles. The average Bonchev–Trinajstić information content (AvgIpc) is 2.40. The summed E-state index contributed by atoms with van der Waals surface area (Å²) in [4.78, 5) is 14.4. The predicted octanol–water partition coefficient (Wildman–Crippen LogP) is 1.92. The van der Waals surface area contributed by atoms with Crippen molar-refractivity contribution in [3.63, 3.8) is 0 Å². The first-order chi connectivity index (χ1) is 8.62. The number of hydrogen-bond donors (Lipinski definition) is 1. The molecule has 1 rings (SSSR count). The van der Waals surface area contributed by atoms with Crippen LogP contribution >= 0.6 is 0 Å². The second kappa shape index (κ2) is 7.10. The highest BCUT2D eigenvalue weighted by molar-refractivity contribution is 5.77. The van der Waals surface area contributed by atoms with Gasteiger partial charge in [0.25, 0.3) is 0 Å². The van der Waals surface area contributed by atoms with Gasteiger partial charge in [-0.1, -0.05) is 33.1 Å². The van der Waals surface area contributed by atoms with Gasteiger partial charge in [0.15, 0.2) is 0 Å². The molecule has 0 aromatic heterocycles. The van der Waals surface area contributed by atoms with Crippen LogP contribution in [0.5, 0.6) is 0 Å². The van der Waals surface area contributed by atoms with Gasteiger partial charge in [0.1, 0.15) is 6.04 Å². The largest absolute Gasteiger partial charge is 0.465 e. The Bertz CT molecular complexity index is 259. The van der Waals surface area contributed by atoms with Crippen molar-refractivity contribution in [2.75, 3.05) is 19.7 Å². The molecule has 1 atom stereocenters. The minimum atomic E-state index is -0.516. The fraction of sp³-hybridized carbons (Fsp3) is 0.929. The van der Waals surface area contributed by atoms with Crippen molar-refractivity contribution in [3.05, 3.63) is 0 Å². The lowest BCUT2D eigenvalue weighted by Crippen LogP contribution is -2.64. The Morgan fingerprint density at radius 3 is 2.22 bits per heavy atom. The standard InChI is InChI=1S/C14H28N2O2/c1-4-16(5-2)14(10-8-7-9-11-14)12(15)13(17)18-6-3/h12H,4-11,15H2,1-3H3/t12-/m0/s1. The highest BCUT2D eigenvalue weighted by Gasteiger charge is 2.45. The molecule has 1 aliphatic rings. The highest BCUT2D eigenvalue weighted by Crippen LogP contribution is 2.36. The van der Waals surface area contributed by atoms with Crippen molar-refractivity contribution < 1.29 is 9.53 Å². The molecule has 0 bridgehead atoms. The Kier molecular flexibility index (Phi) is 6.09. The van der Waals surface area contributed by atoms with Crippen molar-refractivity contribution in [2.24, 2.45) is 5.73 Å². The number of carbonyl (C=O) groups excluding carboxylic acids is 1. The number of ether oxygens (including phenoxy) is 1. The average molecular weight is 256 g/mol. The summed E-state index contributed by atoms with van der Waals surface area (Å²) in [6.45, 7) is 8.37. The van der Waals surface area contributed by atoms with Crippen LogP contribution in [0.2, 0.25) is 0 Å². The molecule has 18 heavy (non-hydrogen) atoms. The molecule has 2 N–H and O–H groups in total. The molecule has 0 spiro atoms. The molecule has 0 unspecified atom stereocenters. The Balaban J connectivity index is 2.91. The quantitative estimate of drug-likeness (QED) is 0.738. The lowest BCUT2D eigenvalue weighted by Gasteiger charge is -2.48. The van der Waals surface area contributed by atoms with Gasteiger partial charge >= 0.3 is 5.97 Å². The Labute approximate surface area is 111 Å². The van der Waals surface area contributed by atoms with Crippen molar-refractivity contribution in [3.8, 4) is 0 Å². The van der Waals surface area contributed by atoms with Crippen LogP contribution in [0.15, 0.2) is 0 Å². The zero-order chi connectivity index (χ0) is 13.6. The summed E-state index contributed by atoms with van der Waals surface area (Å²) in [5.74, 6) is -0.244. The van der Waals surface area contributed by atoms with Gasteiger partial charge in [0.2, 0.25) is 0 Å². The zero-order valence-electron chi connectivity index (χ0n) is 12.1. The summed E-state index contributed by atoms with van der Waals surface area (Å²) >= 11 is 0. The monoisotopic (exact) mass is 256 g/mol. The molecule has 0 radical (unpaired) electrons. The molecule has 106 valence electrons. The van der Waals surface area contributed by atoms with Crippen LogP contribution < -0.4 is 5.73 Å². The number of rotatable bonds is 6. The van der Waals surface area contributed by atoms with E-state index in [2.05, 4.69) is 18.7 Å². The Morgan fingerprint density at radius 1 is 1.22 bits per heavy atom. The second-order valence-corrected chi connectivity index (χ2v) is 5.07. The second-order valence-electron chi connectivity index (χ2n) is 5.07. The maximum Gasteiger partial charge on any atom is 0.324 e. The van der Waals surface area contributed by atoms with Gasteiger partial charge in [-0.2, -0.15) is 0 Å². The van der Waals surface area contributed by atoms with Gasteiger partial charge in [-0.25, -0.2) is 0 Å². The summed E-state index contributed by atoms with van der Waals surface area (Å²) in [7, 11) is 0. The number of carbonyl (C=O) groups is 1. The van der Waals surface area contributed by atoms with E-state index in [1.54, 1.807) is 0 Å². The van der Waals surface area contributed by atoms with Gasteiger partial charge in [0.05, 0.1) is 6.61 Å². The Hall–Kier alpha value is -0.610. The van der Waals surface area contributed by atoms with Gasteiger partial charge in [-0.05, 0) is 32.9 Å². The molecule has 0 heterocycles. The molecule has 4 heteroatoms. The van der Waals surface area contributed by atoms with E-state index in [9.17, 15) is 4.79 Å². The summed E-state index contributed by atoms with van der Waals surface area (Å²) in [5.41, 5.74) is 6.06. The summed E-state index contributed by atoms with van der Waals surface area (Å²) in [6.07, 6.45) is 5.58. The van der Waals surface area contributed by atoms with E-state index in [4.69, 9.17) is 10.5 Å². The van der Waals surface area contributed by atoms with Crippen LogP contribution in [0.4, 0.5) is 0 Å². The van der Waals surface area contributed by atoms with E-state index in [0.717, 1.165) is 38.8 Å². The van der Waals surface area contributed by atoms with E-state index >= 15 is 0 Å². The Morgan fingerprint density at radius 2 is 1.78 bits per heavy atom. The van der Waals surface area contributed by atoms with Crippen molar-refractivity contribution in [1.29, 1.82) is 0 Å². The summed E-state index contributed by atoms with van der Waals surface area (Å²) in [6, 6.07) is -0.516. The van der Waals surface area contributed by atoms with E-state index in [1.165, 1.54) is 6.42 Å². The van der Waals surface area contributed by atoms with Crippen molar-refractivity contribution in [1.82, 2.24) is 4.90 Å². The molecule has 0 aromatic rings. The molecular weight excluding hydrogens is 228 g/mol. The number of nitrogens with two attached hydrogens (primary N) is 1. The SMILES string of the molecule is CCOC(=O)[C@H](N)C1(N(CC)CC)CCCCC1. The predicted molar refractivity (Wildman–Crippen MR) is 73.3 cm³/mol. The van der Waals surface area contributed by atoms with Gasteiger partial charge in [-0.15, -0.1) is 0 Å². The van der Waals surface area contributed by atoms with Gasteiger partial charge in [-0.3, -0.25) is 9.69 Å². The number of hydrogen-bond acceptors (Lipinski definition) is 4. The first-order valence-corrected chi connectivity index (χ1v) is 7.29. The molecule has 0 amide bonds. The minimum absolute atomic E-state index is 0.187. The maximum absolute atomic E-state index is 12.0. The minimum Gasteiger partial charge on any atom is -0.465 e. The van der Waals surface area contributed by atoms with E-state index in [-0.39, 0.29) is 11.5 Å². The molecule has 0 aliphatic heterocycles. The first kappa shape index (κ1) is 15.4. The lowest BCUT2D eigenvalue weighted by atomic mass is 9.75. The van der Waals surface area contributed by atoms with E-state index in [0.29, 0.717) is 6.61 Å². The van der Waals surface area contributed by atoms with Crippen LogP contribution in [0, 0.1) is 0 Å². The number of likely N-dealkylation sites (N-methyl/N-ethyl adjacent to an activating group) is 1. The molecule has 1 fully saturated rings. The highest BCUT2D eigenvalue weighted by atomic mass is 16.5. The zero-order valence-corrected chi connectivity index (χ0v) is 12.1. The smallest absolute Gasteiger partial charge is 0.324 e. The van der Waals surface area contributed by atoms with Crippen LogP contribution in [-0.4, -0.2) is 42.1 Å². The van der Waals surface area contributed by atoms with Crippen LogP contribution in [0.1, 0.15) is 52.9 Å². The fourth-order valence-corrected chi connectivity index (χ4v) is 3.29. The van der Waals surface area contributed by atoms with E-state index < -0.39 is 6.04 Å². The van der Waals surface area contributed by atoms with Gasteiger partial charge < -0.3 is 10.5 Å². The molecule has 0 aromatic carbocycles. The van der Waals surface area contributed by atoms with Crippen LogP contribution in [-0.2, 0) is 9.53 Å². The van der Waals surface area contributed by atoms with Crippen LogP contribution in [0.3, 0.4) is 0 Å². The molecule has 0 saturated heterocycles. The summed E-state index contributed by atoms with van der Waals surface area (Å²) in [5, 5.41) is 0. The van der Waals surface area contributed by atoms with Crippen LogP contribution in [0.25, 0.3) is 0 Å². The maximum atomic E-state index is 12.0. The molecule has 4 nitrogen and oxygen atoms in total. The van der Waals surface area contributed by atoms with Crippen molar-refractivity contribution >= 4 is 5.97 Å². The van der Waals surface area contributed by atoms with E-state index in [1.807, 2.05) is 6.92 Å². The van der Waals surface area contributed by atoms with Crippen molar-refractivity contribution in [2.45, 2.75) is 64.5 Å². The fourth-order valence-electron chi connectivity index (χ4n) is 3.29. The summed E-state index contributed by atoms with van der Waals surface area (Å²) < 4.78 is 5.13. The van der Waals surface area contributed by atoms with Gasteiger partial charge in [0, 0.05) is 5.54 Å². The first-order valence-electron chi connectivity index (χ1n) is 7.29. The normalized spacial score (nSPS) is 20.7.